The Bertz CT molecular complexity index is 886. The molecule has 0 aliphatic rings. The van der Waals surface area contributed by atoms with Gasteiger partial charge in [0.15, 0.2) is 5.11 Å². The summed E-state index contributed by atoms with van der Waals surface area (Å²) < 4.78 is 38.3. The van der Waals surface area contributed by atoms with E-state index in [0.717, 1.165) is 23.8 Å². The number of nitriles is 1. The van der Waals surface area contributed by atoms with Crippen LogP contribution in [-0.2, 0) is 6.18 Å². The number of thiocarbonyl (C=S) groups is 1. The molecule has 26 heavy (non-hydrogen) atoms. The van der Waals surface area contributed by atoms with Gasteiger partial charge in [-0.05, 0) is 55.0 Å². The van der Waals surface area contributed by atoms with Gasteiger partial charge in [-0.1, -0.05) is 23.7 Å². The minimum absolute atomic E-state index is 0.0146. The normalized spacial score (nSPS) is 11.6. The van der Waals surface area contributed by atoms with Crippen molar-refractivity contribution in [2.75, 3.05) is 5.32 Å². The summed E-state index contributed by atoms with van der Waals surface area (Å²) in [7, 11) is 0. The molecule has 2 aromatic carbocycles. The van der Waals surface area contributed by atoms with E-state index in [4.69, 9.17) is 29.1 Å². The van der Waals surface area contributed by atoms with Crippen molar-refractivity contribution < 1.29 is 13.2 Å². The van der Waals surface area contributed by atoms with Crippen molar-refractivity contribution >= 4 is 40.3 Å². The third-order valence-electron chi connectivity index (χ3n) is 3.30. The summed E-state index contributed by atoms with van der Waals surface area (Å²) in [5.41, 5.74) is 3.58. The van der Waals surface area contributed by atoms with Crippen molar-refractivity contribution in [2.24, 2.45) is 5.10 Å². The van der Waals surface area contributed by atoms with E-state index in [1.165, 1.54) is 0 Å². The molecule has 0 radical (unpaired) electrons. The zero-order chi connectivity index (χ0) is 19.3. The summed E-state index contributed by atoms with van der Waals surface area (Å²) in [6, 6.07) is 11.6. The summed E-state index contributed by atoms with van der Waals surface area (Å²) in [5, 5.41) is 15.5. The van der Waals surface area contributed by atoms with Gasteiger partial charge in [0.25, 0.3) is 0 Å². The molecule has 0 aromatic heterocycles. The summed E-state index contributed by atoms with van der Waals surface area (Å²) in [6.07, 6.45) is -4.49. The van der Waals surface area contributed by atoms with E-state index >= 15 is 0 Å². The molecule has 0 bridgehead atoms. The van der Waals surface area contributed by atoms with E-state index in [9.17, 15) is 13.2 Å². The van der Waals surface area contributed by atoms with Gasteiger partial charge in [-0.15, -0.1) is 0 Å². The van der Waals surface area contributed by atoms with E-state index in [-0.39, 0.29) is 15.8 Å². The number of nitrogens with zero attached hydrogens (tertiary/aromatic N) is 2. The molecule has 2 N–H and O–H groups in total. The minimum atomic E-state index is -4.49. The van der Waals surface area contributed by atoms with Crippen molar-refractivity contribution in [3.63, 3.8) is 0 Å². The third kappa shape index (κ3) is 5.18. The molecular weight excluding hydrogens is 385 g/mol. The molecule has 0 saturated carbocycles. The first kappa shape index (κ1) is 19.7. The number of rotatable bonds is 3. The lowest BCUT2D eigenvalue weighted by Gasteiger charge is -2.13. The van der Waals surface area contributed by atoms with Gasteiger partial charge in [-0.3, -0.25) is 5.43 Å². The summed E-state index contributed by atoms with van der Waals surface area (Å²) >= 11 is 10.9. The third-order valence-corrected chi connectivity index (χ3v) is 3.82. The van der Waals surface area contributed by atoms with Gasteiger partial charge in [-0.25, -0.2) is 0 Å². The molecule has 0 unspecified atom stereocenters. The Morgan fingerprint density at radius 3 is 2.42 bits per heavy atom. The number of anilines is 1. The standard InChI is InChI=1S/C17H12ClF3N4S/c1-10(12-4-2-11(9-22)3-5-12)24-25-16(26)23-15-8-13(17(19,20)21)6-7-14(15)18/h2-8H,1H3,(H2,23,25,26)/b24-10+. The molecule has 0 saturated heterocycles. The lowest BCUT2D eigenvalue weighted by molar-refractivity contribution is -0.137. The molecule has 0 heterocycles. The first-order chi connectivity index (χ1) is 12.2. The monoisotopic (exact) mass is 396 g/mol. The maximum Gasteiger partial charge on any atom is 0.416 e. The van der Waals surface area contributed by atoms with Gasteiger partial charge in [0.1, 0.15) is 0 Å². The fourth-order valence-corrected chi connectivity index (χ4v) is 2.25. The Morgan fingerprint density at radius 1 is 1.19 bits per heavy atom. The number of hydrogen-bond acceptors (Lipinski definition) is 3. The maximum absolute atomic E-state index is 12.8. The summed E-state index contributed by atoms with van der Waals surface area (Å²) in [6.45, 7) is 1.72. The van der Waals surface area contributed by atoms with Crippen LogP contribution in [0.1, 0.15) is 23.6 Å². The highest BCUT2D eigenvalue weighted by Gasteiger charge is 2.31. The zero-order valence-corrected chi connectivity index (χ0v) is 14.9. The fourth-order valence-electron chi connectivity index (χ4n) is 1.93. The molecule has 9 heteroatoms. The van der Waals surface area contributed by atoms with Crippen molar-refractivity contribution in [1.82, 2.24) is 5.43 Å². The van der Waals surface area contributed by atoms with E-state index in [0.29, 0.717) is 11.3 Å². The number of alkyl halides is 3. The van der Waals surface area contributed by atoms with E-state index < -0.39 is 11.7 Å². The maximum atomic E-state index is 12.8. The van der Waals surface area contributed by atoms with Crippen LogP contribution >= 0.6 is 23.8 Å². The largest absolute Gasteiger partial charge is 0.416 e. The number of hydrogen-bond donors (Lipinski definition) is 2. The molecule has 2 aromatic rings. The number of benzene rings is 2. The molecule has 134 valence electrons. The highest BCUT2D eigenvalue weighted by molar-refractivity contribution is 7.80. The molecular formula is C17H12ClF3N4S. The van der Waals surface area contributed by atoms with Crippen LogP contribution in [0.25, 0.3) is 0 Å². The predicted octanol–water partition coefficient (Wildman–Crippen LogP) is 4.94. The Balaban J connectivity index is 2.07. The van der Waals surface area contributed by atoms with Crippen molar-refractivity contribution in [3.05, 3.63) is 64.2 Å². The number of halogens is 4. The lowest BCUT2D eigenvalue weighted by atomic mass is 10.1. The molecule has 4 nitrogen and oxygen atoms in total. The van der Waals surface area contributed by atoms with E-state index in [2.05, 4.69) is 15.8 Å². The second-order valence-corrected chi connectivity index (χ2v) is 5.96. The molecule has 0 aliphatic carbocycles. The molecule has 0 aliphatic heterocycles. The minimum Gasteiger partial charge on any atom is -0.330 e. The molecule has 0 fully saturated rings. The highest BCUT2D eigenvalue weighted by atomic mass is 35.5. The zero-order valence-electron chi connectivity index (χ0n) is 13.4. The number of hydrazone groups is 1. The average Bonchev–Trinajstić information content (AvgIpc) is 2.60. The van der Waals surface area contributed by atoms with Gasteiger partial charge in [-0.2, -0.15) is 23.5 Å². The van der Waals surface area contributed by atoms with Gasteiger partial charge >= 0.3 is 6.18 Å². The first-order valence-corrected chi connectivity index (χ1v) is 7.98. The van der Waals surface area contributed by atoms with Crippen molar-refractivity contribution in [2.45, 2.75) is 13.1 Å². The van der Waals surface area contributed by atoms with Crippen LogP contribution in [0.3, 0.4) is 0 Å². The van der Waals surface area contributed by atoms with Gasteiger partial charge in [0.2, 0.25) is 0 Å². The Labute approximate surface area is 158 Å². The molecule has 0 amide bonds. The smallest absolute Gasteiger partial charge is 0.330 e. The second-order valence-electron chi connectivity index (χ2n) is 5.14. The predicted molar refractivity (Wildman–Crippen MR) is 99.2 cm³/mol. The topological polar surface area (TPSA) is 60.2 Å². The van der Waals surface area contributed by atoms with Gasteiger partial charge in [0.05, 0.1) is 33.6 Å². The van der Waals surface area contributed by atoms with Crippen LogP contribution in [-0.4, -0.2) is 10.8 Å². The highest BCUT2D eigenvalue weighted by Crippen LogP contribution is 2.33. The van der Waals surface area contributed by atoms with Gasteiger partial charge < -0.3 is 5.32 Å². The number of nitrogens with one attached hydrogen (secondary N) is 2. The van der Waals surface area contributed by atoms with Gasteiger partial charge in [0, 0.05) is 0 Å². The van der Waals surface area contributed by atoms with Crippen LogP contribution in [0.5, 0.6) is 0 Å². The van der Waals surface area contributed by atoms with Crippen molar-refractivity contribution in [3.8, 4) is 6.07 Å². The molecule has 2 rings (SSSR count). The van der Waals surface area contributed by atoms with Crippen LogP contribution in [0.4, 0.5) is 18.9 Å². The van der Waals surface area contributed by atoms with Crippen LogP contribution in [0.15, 0.2) is 47.6 Å². The molecule has 0 spiro atoms. The Hall–Kier alpha value is -2.63. The first-order valence-electron chi connectivity index (χ1n) is 7.19. The second kappa shape index (κ2) is 8.17. The van der Waals surface area contributed by atoms with E-state index in [1.54, 1.807) is 31.2 Å². The summed E-state index contributed by atoms with van der Waals surface area (Å²) in [5.74, 6) is 0. The average molecular weight is 397 g/mol. The fraction of sp³-hybridized carbons (Fsp3) is 0.118. The van der Waals surface area contributed by atoms with Crippen LogP contribution in [0, 0.1) is 11.3 Å². The SMILES string of the molecule is C/C(=N\NC(=S)Nc1cc(C(F)(F)F)ccc1Cl)c1ccc(C#N)cc1. The Morgan fingerprint density at radius 2 is 1.85 bits per heavy atom. The lowest BCUT2D eigenvalue weighted by Crippen LogP contribution is -2.25. The van der Waals surface area contributed by atoms with Crippen LogP contribution < -0.4 is 10.7 Å². The summed E-state index contributed by atoms with van der Waals surface area (Å²) in [4.78, 5) is 0. The van der Waals surface area contributed by atoms with Crippen LogP contribution in [0.2, 0.25) is 5.02 Å². The Kier molecular flexibility index (Phi) is 6.18. The quantitative estimate of drug-likeness (QED) is 0.438. The van der Waals surface area contributed by atoms with Crippen molar-refractivity contribution in [1.29, 1.82) is 5.26 Å². The van der Waals surface area contributed by atoms with E-state index in [1.807, 2.05) is 6.07 Å². The molecule has 0 atom stereocenters.